The highest BCUT2D eigenvalue weighted by Crippen LogP contribution is 2.32. The van der Waals surface area contributed by atoms with Crippen LogP contribution in [0.4, 0.5) is 5.82 Å². The van der Waals surface area contributed by atoms with E-state index in [1.54, 1.807) is 19.3 Å². The SMILES string of the molecule is COc1cc(N2CCN(C(=O)/C=C/c3ccc4c(c3)OCO4)CC2)nc(C)n1. The summed E-state index contributed by atoms with van der Waals surface area (Å²) in [6.07, 6.45) is 3.40. The first-order chi connectivity index (χ1) is 13.6. The number of fused-ring (bicyclic) bond motifs is 1. The van der Waals surface area contributed by atoms with E-state index in [1.165, 1.54) is 0 Å². The quantitative estimate of drug-likeness (QED) is 0.747. The van der Waals surface area contributed by atoms with Crippen molar-refractivity contribution in [2.75, 3.05) is 45.0 Å². The van der Waals surface area contributed by atoms with Gasteiger partial charge in [-0.1, -0.05) is 6.07 Å². The Morgan fingerprint density at radius 2 is 1.89 bits per heavy atom. The fourth-order valence-electron chi connectivity index (χ4n) is 3.24. The van der Waals surface area contributed by atoms with Crippen molar-refractivity contribution in [1.82, 2.24) is 14.9 Å². The number of aromatic nitrogens is 2. The Morgan fingerprint density at radius 1 is 1.11 bits per heavy atom. The van der Waals surface area contributed by atoms with Crippen molar-refractivity contribution in [3.05, 3.63) is 41.7 Å². The highest BCUT2D eigenvalue weighted by molar-refractivity contribution is 5.92. The molecule has 4 rings (SSSR count). The topological polar surface area (TPSA) is 77.0 Å². The van der Waals surface area contributed by atoms with Crippen molar-refractivity contribution < 1.29 is 19.0 Å². The number of benzene rings is 1. The van der Waals surface area contributed by atoms with Gasteiger partial charge in [0, 0.05) is 38.3 Å². The van der Waals surface area contributed by atoms with Gasteiger partial charge in [0.25, 0.3) is 0 Å². The van der Waals surface area contributed by atoms with Crippen LogP contribution in [0, 0.1) is 6.92 Å². The summed E-state index contributed by atoms with van der Waals surface area (Å²) >= 11 is 0. The van der Waals surface area contributed by atoms with Gasteiger partial charge in [-0.3, -0.25) is 4.79 Å². The second-order valence-electron chi connectivity index (χ2n) is 6.57. The van der Waals surface area contributed by atoms with Crippen LogP contribution in [0.1, 0.15) is 11.4 Å². The molecule has 8 heteroatoms. The fourth-order valence-corrected chi connectivity index (χ4v) is 3.24. The second kappa shape index (κ2) is 7.75. The summed E-state index contributed by atoms with van der Waals surface area (Å²) < 4.78 is 15.9. The van der Waals surface area contributed by atoms with Crippen LogP contribution >= 0.6 is 0 Å². The standard InChI is InChI=1S/C20H22N4O4/c1-14-21-18(12-19(22-14)26-2)23-7-9-24(10-8-23)20(25)6-4-15-3-5-16-17(11-15)28-13-27-16/h3-6,11-12H,7-10,13H2,1-2H3/b6-4+. The summed E-state index contributed by atoms with van der Waals surface area (Å²) in [6.45, 7) is 4.77. The Morgan fingerprint density at radius 3 is 2.68 bits per heavy atom. The van der Waals surface area contributed by atoms with E-state index >= 15 is 0 Å². The number of amides is 1. The first kappa shape index (κ1) is 18.1. The third-order valence-corrected chi connectivity index (χ3v) is 4.74. The zero-order valence-electron chi connectivity index (χ0n) is 15.9. The molecule has 1 aromatic carbocycles. The number of ether oxygens (including phenoxy) is 3. The molecule has 0 atom stereocenters. The molecule has 0 radical (unpaired) electrons. The van der Waals surface area contributed by atoms with Gasteiger partial charge >= 0.3 is 0 Å². The van der Waals surface area contributed by atoms with Crippen LogP contribution in [0.25, 0.3) is 6.08 Å². The van der Waals surface area contributed by atoms with E-state index in [1.807, 2.05) is 36.1 Å². The molecule has 2 aliphatic rings. The molecule has 0 aliphatic carbocycles. The maximum Gasteiger partial charge on any atom is 0.246 e. The number of anilines is 1. The van der Waals surface area contributed by atoms with Crippen LogP contribution in [-0.2, 0) is 4.79 Å². The number of carbonyl (C=O) groups is 1. The maximum atomic E-state index is 12.5. The first-order valence-electron chi connectivity index (χ1n) is 9.13. The van der Waals surface area contributed by atoms with Gasteiger partial charge in [-0.25, -0.2) is 4.98 Å². The van der Waals surface area contributed by atoms with Crippen LogP contribution < -0.4 is 19.1 Å². The Hall–Kier alpha value is -3.29. The number of hydrogen-bond acceptors (Lipinski definition) is 7. The van der Waals surface area contributed by atoms with E-state index in [9.17, 15) is 4.79 Å². The molecule has 1 fully saturated rings. The molecule has 1 aromatic heterocycles. The van der Waals surface area contributed by atoms with Crippen molar-refractivity contribution >= 4 is 17.8 Å². The molecule has 2 aliphatic heterocycles. The molecule has 1 saturated heterocycles. The van der Waals surface area contributed by atoms with E-state index in [0.717, 1.165) is 17.1 Å². The zero-order valence-corrected chi connectivity index (χ0v) is 15.9. The number of methoxy groups -OCH3 is 1. The van der Waals surface area contributed by atoms with Crippen molar-refractivity contribution in [3.63, 3.8) is 0 Å². The minimum absolute atomic E-state index is 0.00577. The molecule has 3 heterocycles. The number of nitrogens with zero attached hydrogens (tertiary/aromatic N) is 4. The molecule has 0 unspecified atom stereocenters. The monoisotopic (exact) mass is 382 g/mol. The normalized spacial score (nSPS) is 15.9. The summed E-state index contributed by atoms with van der Waals surface area (Å²) in [4.78, 5) is 25.2. The van der Waals surface area contributed by atoms with Crippen LogP contribution in [0.5, 0.6) is 17.4 Å². The van der Waals surface area contributed by atoms with E-state index in [4.69, 9.17) is 14.2 Å². The molecule has 28 heavy (non-hydrogen) atoms. The molecule has 0 bridgehead atoms. The minimum atomic E-state index is -0.00577. The molecule has 0 spiro atoms. The molecular formula is C20H22N4O4. The van der Waals surface area contributed by atoms with Crippen molar-refractivity contribution in [2.45, 2.75) is 6.92 Å². The summed E-state index contributed by atoms with van der Waals surface area (Å²) in [6, 6.07) is 7.45. The fraction of sp³-hybridized carbons (Fsp3) is 0.350. The van der Waals surface area contributed by atoms with Gasteiger partial charge in [0.2, 0.25) is 18.6 Å². The second-order valence-corrected chi connectivity index (χ2v) is 6.57. The van der Waals surface area contributed by atoms with Gasteiger partial charge in [0.1, 0.15) is 11.6 Å². The molecule has 2 aromatic rings. The third-order valence-electron chi connectivity index (χ3n) is 4.74. The zero-order chi connectivity index (χ0) is 19.5. The smallest absolute Gasteiger partial charge is 0.246 e. The third kappa shape index (κ3) is 3.85. The summed E-state index contributed by atoms with van der Waals surface area (Å²) in [5.74, 6) is 3.48. The summed E-state index contributed by atoms with van der Waals surface area (Å²) in [5.41, 5.74) is 0.903. The molecular weight excluding hydrogens is 360 g/mol. The first-order valence-corrected chi connectivity index (χ1v) is 9.13. The van der Waals surface area contributed by atoms with Gasteiger partial charge in [-0.05, 0) is 30.7 Å². The lowest BCUT2D eigenvalue weighted by molar-refractivity contribution is -0.126. The molecule has 0 saturated carbocycles. The van der Waals surface area contributed by atoms with E-state index in [0.29, 0.717) is 43.6 Å². The lowest BCUT2D eigenvalue weighted by atomic mass is 10.2. The summed E-state index contributed by atoms with van der Waals surface area (Å²) in [5, 5.41) is 0. The van der Waals surface area contributed by atoms with Gasteiger partial charge in [0.15, 0.2) is 11.5 Å². The minimum Gasteiger partial charge on any atom is -0.481 e. The van der Waals surface area contributed by atoms with Crippen molar-refractivity contribution in [2.24, 2.45) is 0 Å². The van der Waals surface area contributed by atoms with Gasteiger partial charge < -0.3 is 24.0 Å². The largest absolute Gasteiger partial charge is 0.481 e. The van der Waals surface area contributed by atoms with Crippen LogP contribution in [0.3, 0.4) is 0 Å². The number of piperazine rings is 1. The Balaban J connectivity index is 1.36. The maximum absolute atomic E-state index is 12.5. The van der Waals surface area contributed by atoms with Gasteiger partial charge in [-0.2, -0.15) is 4.98 Å². The lowest BCUT2D eigenvalue weighted by Crippen LogP contribution is -2.48. The van der Waals surface area contributed by atoms with Crippen molar-refractivity contribution in [3.8, 4) is 17.4 Å². The predicted molar refractivity (Wildman–Crippen MR) is 104 cm³/mol. The average molecular weight is 382 g/mol. The molecule has 146 valence electrons. The average Bonchev–Trinajstić information content (AvgIpc) is 3.19. The molecule has 1 amide bonds. The molecule has 8 nitrogen and oxygen atoms in total. The number of hydrogen-bond donors (Lipinski definition) is 0. The van der Waals surface area contributed by atoms with Crippen LogP contribution in [0.2, 0.25) is 0 Å². The van der Waals surface area contributed by atoms with Gasteiger partial charge in [0.05, 0.1) is 7.11 Å². The highest BCUT2D eigenvalue weighted by Gasteiger charge is 2.21. The van der Waals surface area contributed by atoms with Gasteiger partial charge in [-0.15, -0.1) is 0 Å². The highest BCUT2D eigenvalue weighted by atomic mass is 16.7. The Kier molecular flexibility index (Phi) is 5.01. The van der Waals surface area contributed by atoms with E-state index in [-0.39, 0.29) is 12.7 Å². The summed E-state index contributed by atoms with van der Waals surface area (Å²) in [7, 11) is 1.59. The Labute approximate surface area is 163 Å². The lowest BCUT2D eigenvalue weighted by Gasteiger charge is -2.35. The number of aryl methyl sites for hydroxylation is 1. The number of carbonyl (C=O) groups excluding carboxylic acids is 1. The predicted octanol–water partition coefficient (Wildman–Crippen LogP) is 1.88. The van der Waals surface area contributed by atoms with Crippen LogP contribution in [0.15, 0.2) is 30.3 Å². The Bertz CT molecular complexity index is 907. The van der Waals surface area contributed by atoms with E-state index in [2.05, 4.69) is 14.9 Å². The van der Waals surface area contributed by atoms with Crippen molar-refractivity contribution in [1.29, 1.82) is 0 Å². The van der Waals surface area contributed by atoms with Crippen LogP contribution in [-0.4, -0.2) is 60.9 Å². The van der Waals surface area contributed by atoms with E-state index < -0.39 is 0 Å². The molecule has 0 N–H and O–H groups in total. The number of rotatable bonds is 4.